The summed E-state index contributed by atoms with van der Waals surface area (Å²) < 4.78 is 5.06. The molecule has 4 rings (SSSR count). The zero-order valence-electron chi connectivity index (χ0n) is 17.1. The van der Waals surface area contributed by atoms with Crippen molar-refractivity contribution in [3.05, 3.63) is 36.4 Å². The minimum atomic E-state index is 0.0467. The third-order valence-corrected chi connectivity index (χ3v) is 5.85. The first kappa shape index (κ1) is 19.8. The molecule has 0 aromatic carbocycles. The van der Waals surface area contributed by atoms with Crippen LogP contribution in [0.2, 0.25) is 0 Å². The number of hydrogen-bond acceptors (Lipinski definition) is 6. The maximum Gasteiger partial charge on any atom is 0.248 e. The normalized spacial score (nSPS) is 20.0. The van der Waals surface area contributed by atoms with Gasteiger partial charge in [0.25, 0.3) is 0 Å². The number of methoxy groups -OCH3 is 1. The van der Waals surface area contributed by atoms with E-state index in [0.717, 1.165) is 55.2 Å². The van der Waals surface area contributed by atoms with Gasteiger partial charge in [0.15, 0.2) is 0 Å². The van der Waals surface area contributed by atoms with E-state index >= 15 is 0 Å². The minimum absolute atomic E-state index is 0.0467. The van der Waals surface area contributed by atoms with Gasteiger partial charge in [0, 0.05) is 68.9 Å². The Kier molecular flexibility index (Phi) is 6.34. The lowest BCUT2D eigenvalue weighted by Crippen LogP contribution is -2.41. The average Bonchev–Trinajstić information content (AvgIpc) is 2.80. The second-order valence-electron chi connectivity index (χ2n) is 7.87. The molecule has 1 atom stereocenters. The summed E-state index contributed by atoms with van der Waals surface area (Å²) in [5.74, 6) is 1.05. The van der Waals surface area contributed by atoms with E-state index in [1.165, 1.54) is 19.3 Å². The Hall–Kier alpha value is -2.54. The van der Waals surface area contributed by atoms with Gasteiger partial charge in [-0.25, -0.2) is 9.97 Å². The smallest absolute Gasteiger partial charge is 0.248 e. The number of carbonyl (C=O) groups is 1. The number of rotatable bonds is 5. The Morgan fingerprint density at radius 2 is 2.03 bits per heavy atom. The summed E-state index contributed by atoms with van der Waals surface area (Å²) >= 11 is 0. The molecule has 2 aliphatic rings. The highest BCUT2D eigenvalue weighted by molar-refractivity contribution is 5.77. The first-order valence-electron chi connectivity index (χ1n) is 10.6. The fraction of sp³-hybridized carbons (Fsp3) is 0.545. The number of piperidine rings is 2. The molecule has 2 saturated heterocycles. The molecule has 2 aliphatic heterocycles. The van der Waals surface area contributed by atoms with E-state index in [1.807, 2.05) is 29.4 Å². The number of hydrogen-bond donors (Lipinski definition) is 0. The van der Waals surface area contributed by atoms with Crippen molar-refractivity contribution < 1.29 is 9.53 Å². The Labute approximate surface area is 172 Å². The highest BCUT2D eigenvalue weighted by Crippen LogP contribution is 2.34. The van der Waals surface area contributed by atoms with Crippen LogP contribution in [-0.4, -0.2) is 65.7 Å². The number of aromatic nitrogens is 3. The highest BCUT2D eigenvalue weighted by Gasteiger charge is 2.28. The standard InChI is InChI=1S/C22H29N5O2/c1-29-16-20(28)27-12-6-8-18(15-27)21-19(17-7-5-9-23-13-17)14-24-22(25-21)26-10-3-2-4-11-26/h5,7,9,13-14,18H,2-4,6,8,10-12,15-16H2,1H3. The van der Waals surface area contributed by atoms with Crippen LogP contribution >= 0.6 is 0 Å². The molecule has 2 aromatic rings. The molecule has 2 aromatic heterocycles. The van der Waals surface area contributed by atoms with E-state index in [4.69, 9.17) is 14.7 Å². The third-order valence-electron chi connectivity index (χ3n) is 5.85. The molecule has 29 heavy (non-hydrogen) atoms. The third kappa shape index (κ3) is 4.56. The van der Waals surface area contributed by atoms with Gasteiger partial charge in [-0.3, -0.25) is 9.78 Å². The zero-order valence-corrected chi connectivity index (χ0v) is 17.1. The van der Waals surface area contributed by atoms with E-state index in [2.05, 4.69) is 9.88 Å². The molecule has 2 fully saturated rings. The second-order valence-corrected chi connectivity index (χ2v) is 7.87. The van der Waals surface area contributed by atoms with E-state index in [1.54, 1.807) is 13.3 Å². The molecular formula is C22H29N5O2. The SMILES string of the molecule is COCC(=O)N1CCCC(c2nc(N3CCCCC3)ncc2-c2cccnc2)C1. The summed E-state index contributed by atoms with van der Waals surface area (Å²) in [6.07, 6.45) is 11.2. The molecular weight excluding hydrogens is 366 g/mol. The van der Waals surface area contributed by atoms with Gasteiger partial charge in [-0.05, 0) is 38.2 Å². The molecule has 1 unspecified atom stereocenters. The molecule has 4 heterocycles. The lowest BCUT2D eigenvalue weighted by atomic mass is 9.90. The summed E-state index contributed by atoms with van der Waals surface area (Å²) in [5.41, 5.74) is 3.07. The number of likely N-dealkylation sites (tertiary alicyclic amines) is 1. The van der Waals surface area contributed by atoms with Gasteiger partial charge < -0.3 is 14.5 Å². The molecule has 0 bridgehead atoms. The number of nitrogens with zero attached hydrogens (tertiary/aromatic N) is 5. The fourth-order valence-electron chi connectivity index (χ4n) is 4.33. The minimum Gasteiger partial charge on any atom is -0.375 e. The van der Waals surface area contributed by atoms with Crippen molar-refractivity contribution in [3.8, 4) is 11.1 Å². The topological polar surface area (TPSA) is 71.5 Å². The van der Waals surface area contributed by atoms with Gasteiger partial charge in [-0.1, -0.05) is 6.07 Å². The van der Waals surface area contributed by atoms with Gasteiger partial charge in [-0.2, -0.15) is 0 Å². The van der Waals surface area contributed by atoms with Gasteiger partial charge in [0.2, 0.25) is 11.9 Å². The van der Waals surface area contributed by atoms with E-state index in [-0.39, 0.29) is 18.4 Å². The predicted molar refractivity (Wildman–Crippen MR) is 112 cm³/mol. The maximum absolute atomic E-state index is 12.4. The van der Waals surface area contributed by atoms with Crippen molar-refractivity contribution in [1.82, 2.24) is 19.9 Å². The number of amides is 1. The van der Waals surface area contributed by atoms with Crippen LogP contribution in [-0.2, 0) is 9.53 Å². The highest BCUT2D eigenvalue weighted by atomic mass is 16.5. The van der Waals surface area contributed by atoms with Crippen LogP contribution in [0.5, 0.6) is 0 Å². The summed E-state index contributed by atoms with van der Waals surface area (Å²) in [5, 5.41) is 0. The van der Waals surface area contributed by atoms with Gasteiger partial charge in [-0.15, -0.1) is 0 Å². The quantitative estimate of drug-likeness (QED) is 0.775. The maximum atomic E-state index is 12.4. The Morgan fingerprint density at radius 3 is 2.79 bits per heavy atom. The van der Waals surface area contributed by atoms with Gasteiger partial charge >= 0.3 is 0 Å². The van der Waals surface area contributed by atoms with Gasteiger partial charge in [0.05, 0.1) is 5.69 Å². The van der Waals surface area contributed by atoms with Crippen molar-refractivity contribution in [2.45, 2.75) is 38.0 Å². The lowest BCUT2D eigenvalue weighted by molar-refractivity contribution is -0.136. The Morgan fingerprint density at radius 1 is 1.17 bits per heavy atom. The molecule has 7 nitrogen and oxygen atoms in total. The number of anilines is 1. The summed E-state index contributed by atoms with van der Waals surface area (Å²) in [4.78, 5) is 30.6. The van der Waals surface area contributed by atoms with Crippen LogP contribution in [0.1, 0.15) is 43.7 Å². The molecule has 0 aliphatic carbocycles. The largest absolute Gasteiger partial charge is 0.375 e. The van der Waals surface area contributed by atoms with Crippen LogP contribution in [0, 0.1) is 0 Å². The van der Waals surface area contributed by atoms with E-state index in [0.29, 0.717) is 6.54 Å². The number of carbonyl (C=O) groups excluding carboxylic acids is 1. The molecule has 0 saturated carbocycles. The van der Waals surface area contributed by atoms with Crippen molar-refractivity contribution >= 4 is 11.9 Å². The van der Waals surface area contributed by atoms with Gasteiger partial charge in [0.1, 0.15) is 6.61 Å². The first-order chi connectivity index (χ1) is 14.3. The predicted octanol–water partition coefficient (Wildman–Crippen LogP) is 2.88. The summed E-state index contributed by atoms with van der Waals surface area (Å²) in [6, 6.07) is 3.99. The summed E-state index contributed by atoms with van der Waals surface area (Å²) in [6.45, 7) is 3.60. The Balaban J connectivity index is 1.67. The van der Waals surface area contributed by atoms with Crippen molar-refractivity contribution in [1.29, 1.82) is 0 Å². The molecule has 1 amide bonds. The number of pyridine rings is 1. The van der Waals surface area contributed by atoms with E-state index < -0.39 is 0 Å². The van der Waals surface area contributed by atoms with Crippen LogP contribution in [0.25, 0.3) is 11.1 Å². The Bertz CT molecular complexity index is 823. The van der Waals surface area contributed by atoms with Crippen LogP contribution in [0.4, 0.5) is 5.95 Å². The number of ether oxygens (including phenoxy) is 1. The molecule has 7 heteroatoms. The lowest BCUT2D eigenvalue weighted by Gasteiger charge is -2.34. The molecule has 0 spiro atoms. The average molecular weight is 396 g/mol. The van der Waals surface area contributed by atoms with E-state index in [9.17, 15) is 4.79 Å². The zero-order chi connectivity index (χ0) is 20.1. The summed E-state index contributed by atoms with van der Waals surface area (Å²) in [7, 11) is 1.56. The monoisotopic (exact) mass is 395 g/mol. The van der Waals surface area contributed by atoms with Crippen LogP contribution < -0.4 is 4.90 Å². The molecule has 0 N–H and O–H groups in total. The van der Waals surface area contributed by atoms with Crippen molar-refractivity contribution in [2.75, 3.05) is 44.8 Å². The second kappa shape index (κ2) is 9.31. The van der Waals surface area contributed by atoms with Crippen molar-refractivity contribution in [3.63, 3.8) is 0 Å². The first-order valence-corrected chi connectivity index (χ1v) is 10.6. The molecule has 154 valence electrons. The van der Waals surface area contributed by atoms with Crippen LogP contribution in [0.3, 0.4) is 0 Å². The van der Waals surface area contributed by atoms with Crippen molar-refractivity contribution in [2.24, 2.45) is 0 Å². The molecule has 0 radical (unpaired) electrons. The van der Waals surface area contributed by atoms with Crippen LogP contribution in [0.15, 0.2) is 30.7 Å². The fourth-order valence-corrected chi connectivity index (χ4v) is 4.33.